The molecule has 10 heteroatoms. The van der Waals surface area contributed by atoms with Gasteiger partial charge in [-0.25, -0.2) is 4.68 Å². The fourth-order valence-electron chi connectivity index (χ4n) is 4.73. The van der Waals surface area contributed by atoms with Crippen molar-refractivity contribution in [1.29, 1.82) is 0 Å². The third kappa shape index (κ3) is 6.03. The Bertz CT molecular complexity index is 1250. The predicted molar refractivity (Wildman–Crippen MR) is 135 cm³/mol. The van der Waals surface area contributed by atoms with Crippen LogP contribution in [0.5, 0.6) is 0 Å². The Hall–Kier alpha value is -3.21. The number of amides is 1. The number of hydrogen-bond donors (Lipinski definition) is 3. The molecule has 1 aromatic heterocycles. The quantitative estimate of drug-likeness (QED) is 0.387. The second-order valence-corrected chi connectivity index (χ2v) is 9.78. The van der Waals surface area contributed by atoms with Crippen molar-refractivity contribution < 1.29 is 18.0 Å². The Labute approximate surface area is 213 Å². The highest BCUT2D eigenvalue weighted by Gasteiger charge is 2.36. The van der Waals surface area contributed by atoms with Crippen molar-refractivity contribution in [2.24, 2.45) is 11.7 Å². The molecule has 2 aliphatic rings. The van der Waals surface area contributed by atoms with Gasteiger partial charge in [-0.2, -0.15) is 18.3 Å². The number of benzene rings is 2. The van der Waals surface area contributed by atoms with Gasteiger partial charge in [0.1, 0.15) is 5.69 Å². The van der Waals surface area contributed by atoms with E-state index in [9.17, 15) is 18.0 Å². The van der Waals surface area contributed by atoms with E-state index in [0.29, 0.717) is 22.9 Å². The highest BCUT2D eigenvalue weighted by molar-refractivity contribution is 6.03. The van der Waals surface area contributed by atoms with Crippen molar-refractivity contribution in [2.75, 3.05) is 25.0 Å². The van der Waals surface area contributed by atoms with Crippen LogP contribution in [0, 0.1) is 5.92 Å². The molecule has 1 unspecified atom stereocenters. The van der Waals surface area contributed by atoms with Gasteiger partial charge in [-0.05, 0) is 86.6 Å². The lowest BCUT2D eigenvalue weighted by Gasteiger charge is -2.29. The number of aromatic nitrogens is 2. The summed E-state index contributed by atoms with van der Waals surface area (Å²) in [6.45, 7) is 3.15. The molecule has 0 bridgehead atoms. The number of carbonyl (C=O) groups excluding carboxylic acids is 1. The van der Waals surface area contributed by atoms with Gasteiger partial charge in [-0.3, -0.25) is 15.0 Å². The molecule has 1 aliphatic heterocycles. The van der Waals surface area contributed by atoms with E-state index in [1.165, 1.54) is 12.8 Å². The Kier molecular flexibility index (Phi) is 7.32. The summed E-state index contributed by atoms with van der Waals surface area (Å²) in [5.74, 6) is 0.0378. The zero-order valence-corrected chi connectivity index (χ0v) is 20.5. The van der Waals surface area contributed by atoms with E-state index in [0.717, 1.165) is 48.8 Å². The number of nitrogens with two attached hydrogens (primary N) is 1. The molecule has 0 radical (unpaired) electrons. The second kappa shape index (κ2) is 10.6. The van der Waals surface area contributed by atoms with E-state index in [1.807, 2.05) is 18.2 Å². The first kappa shape index (κ1) is 25.4. The van der Waals surface area contributed by atoms with E-state index in [-0.39, 0.29) is 18.4 Å². The van der Waals surface area contributed by atoms with E-state index < -0.39 is 17.8 Å². The largest absolute Gasteiger partial charge is 0.435 e. The molecule has 0 spiro atoms. The summed E-state index contributed by atoms with van der Waals surface area (Å²) in [4.78, 5) is 15.7. The molecule has 3 aromatic rings. The molecule has 2 aromatic carbocycles. The summed E-state index contributed by atoms with van der Waals surface area (Å²) >= 11 is 0. The number of carbonyl (C=O) groups is 1. The van der Waals surface area contributed by atoms with Crippen LogP contribution in [0.15, 0.2) is 54.6 Å². The summed E-state index contributed by atoms with van der Waals surface area (Å²) in [5.41, 5.74) is 6.92. The maximum atomic E-state index is 13.5. The molecule has 1 atom stereocenters. The number of nitrogens with one attached hydrogen (secondary N) is 2. The number of halogens is 3. The molecule has 2 fully saturated rings. The van der Waals surface area contributed by atoms with Crippen LogP contribution in [0.4, 0.5) is 18.9 Å². The lowest BCUT2D eigenvalue weighted by molar-refractivity contribution is -0.141. The number of rotatable bonds is 9. The van der Waals surface area contributed by atoms with Gasteiger partial charge >= 0.3 is 6.18 Å². The minimum atomic E-state index is -4.69. The normalized spacial score (nSPS) is 17.2. The molecule has 4 N–H and O–H groups in total. The summed E-state index contributed by atoms with van der Waals surface area (Å²) in [5, 5.41) is 10.2. The van der Waals surface area contributed by atoms with Gasteiger partial charge < -0.3 is 11.1 Å². The monoisotopic (exact) mass is 512 g/mol. The van der Waals surface area contributed by atoms with Crippen LogP contribution in [-0.4, -0.2) is 40.2 Å². The number of hydrogen-bond acceptors (Lipinski definition) is 5. The van der Waals surface area contributed by atoms with Crippen LogP contribution >= 0.6 is 0 Å². The summed E-state index contributed by atoms with van der Waals surface area (Å²) < 4.78 is 41.6. The first-order valence-electron chi connectivity index (χ1n) is 12.7. The second-order valence-electron chi connectivity index (χ2n) is 9.78. The Morgan fingerprint density at radius 1 is 1.08 bits per heavy atom. The minimum absolute atomic E-state index is 0.0290. The number of alkyl halides is 3. The lowest BCUT2D eigenvalue weighted by Crippen LogP contribution is -2.37. The first-order valence-corrected chi connectivity index (χ1v) is 12.7. The number of nitrogens with zero attached hydrogens (tertiary/aromatic N) is 3. The predicted octanol–water partition coefficient (Wildman–Crippen LogP) is 4.70. The maximum absolute atomic E-state index is 13.5. The lowest BCUT2D eigenvalue weighted by atomic mass is 10.1. The van der Waals surface area contributed by atoms with E-state index in [1.54, 1.807) is 30.3 Å². The Morgan fingerprint density at radius 2 is 1.84 bits per heavy atom. The smallest absolute Gasteiger partial charge is 0.326 e. The van der Waals surface area contributed by atoms with Crippen molar-refractivity contribution in [3.8, 4) is 5.69 Å². The van der Waals surface area contributed by atoms with E-state index >= 15 is 0 Å². The van der Waals surface area contributed by atoms with Gasteiger partial charge in [0, 0.05) is 18.3 Å². The molecule has 196 valence electrons. The number of likely N-dealkylation sites (tertiary alicyclic amines) is 1. The summed E-state index contributed by atoms with van der Waals surface area (Å²) in [7, 11) is 0. The molecule has 7 nitrogen and oxygen atoms in total. The number of anilines is 1. The van der Waals surface area contributed by atoms with Gasteiger partial charge in [-0.1, -0.05) is 24.3 Å². The molecule has 5 rings (SSSR count). The minimum Gasteiger partial charge on any atom is -0.326 e. The van der Waals surface area contributed by atoms with Gasteiger partial charge in [0.25, 0.3) is 5.91 Å². The van der Waals surface area contributed by atoms with Gasteiger partial charge in [0.2, 0.25) is 0 Å². The molecule has 1 aliphatic carbocycles. The first-order chi connectivity index (χ1) is 17.8. The zero-order valence-electron chi connectivity index (χ0n) is 20.5. The molecule has 2 heterocycles. The van der Waals surface area contributed by atoms with Crippen molar-refractivity contribution in [2.45, 2.75) is 44.6 Å². The average molecular weight is 513 g/mol. The fourth-order valence-corrected chi connectivity index (χ4v) is 4.73. The average Bonchev–Trinajstić information content (AvgIpc) is 3.35. The van der Waals surface area contributed by atoms with E-state index in [2.05, 4.69) is 20.6 Å². The zero-order chi connectivity index (χ0) is 26.0. The maximum Gasteiger partial charge on any atom is 0.435 e. The Balaban J connectivity index is 1.42. The Morgan fingerprint density at radius 3 is 2.54 bits per heavy atom. The molecule has 1 saturated heterocycles. The van der Waals surface area contributed by atoms with Crippen LogP contribution in [0.25, 0.3) is 5.69 Å². The fraction of sp³-hybridized carbons (Fsp3) is 0.407. The van der Waals surface area contributed by atoms with Crippen molar-refractivity contribution >= 4 is 11.6 Å². The van der Waals surface area contributed by atoms with Crippen LogP contribution in [0.1, 0.15) is 59.2 Å². The highest BCUT2D eigenvalue weighted by Crippen LogP contribution is 2.32. The summed E-state index contributed by atoms with van der Waals surface area (Å²) in [6.07, 6.45) is 0.127. The highest BCUT2D eigenvalue weighted by atomic mass is 19.4. The third-order valence-corrected chi connectivity index (χ3v) is 6.89. The molecular formula is C27H31F3N6O. The topological polar surface area (TPSA) is 88.2 Å². The molecule has 1 saturated carbocycles. The standard InChI is InChI=1S/C27H31F3N6O/c28-27(29,30)24-15-23(36(34-24)22-8-3-5-19(13-22)16-31)26(37)33-21-7-4-6-20(14-21)25(32-17-18-9-10-18)35-11-1-2-12-35/h3-8,13-15,18,25,32H,1-2,9-12,16-17,31H2,(H,33,37). The van der Waals surface area contributed by atoms with Crippen LogP contribution in [0.2, 0.25) is 0 Å². The van der Waals surface area contributed by atoms with E-state index in [4.69, 9.17) is 5.73 Å². The summed E-state index contributed by atoms with van der Waals surface area (Å²) in [6, 6.07) is 14.9. The van der Waals surface area contributed by atoms with Gasteiger partial charge in [0.15, 0.2) is 5.69 Å². The third-order valence-electron chi connectivity index (χ3n) is 6.89. The SMILES string of the molecule is NCc1cccc(-n2nc(C(F)(F)F)cc2C(=O)Nc2cccc(C(NCC3CC3)N3CCCC3)c2)c1. The molecule has 37 heavy (non-hydrogen) atoms. The van der Waals surface area contributed by atoms with Gasteiger partial charge in [-0.15, -0.1) is 0 Å². The van der Waals surface area contributed by atoms with Crippen molar-refractivity contribution in [1.82, 2.24) is 20.0 Å². The van der Waals surface area contributed by atoms with Crippen LogP contribution < -0.4 is 16.4 Å². The van der Waals surface area contributed by atoms with Crippen molar-refractivity contribution in [3.05, 3.63) is 77.1 Å². The van der Waals surface area contributed by atoms with Crippen molar-refractivity contribution in [3.63, 3.8) is 0 Å². The van der Waals surface area contributed by atoms with Crippen LogP contribution in [-0.2, 0) is 12.7 Å². The molecule has 1 amide bonds. The van der Waals surface area contributed by atoms with Crippen LogP contribution in [0.3, 0.4) is 0 Å². The molecular weight excluding hydrogens is 481 g/mol. The van der Waals surface area contributed by atoms with Gasteiger partial charge in [0.05, 0.1) is 11.9 Å².